The molecule has 3 aromatic rings. The van der Waals surface area contributed by atoms with Gasteiger partial charge in [0, 0.05) is 25.5 Å². The van der Waals surface area contributed by atoms with Crippen molar-refractivity contribution in [2.75, 3.05) is 5.32 Å². The van der Waals surface area contributed by atoms with Gasteiger partial charge in [0.1, 0.15) is 12.1 Å². The summed E-state index contributed by atoms with van der Waals surface area (Å²) in [6.45, 7) is 0. The zero-order chi connectivity index (χ0) is 14.8. The number of aromatic nitrogens is 6. The molecule has 0 aliphatic rings. The van der Waals surface area contributed by atoms with E-state index in [4.69, 9.17) is 5.11 Å². The van der Waals surface area contributed by atoms with E-state index in [-0.39, 0.29) is 5.56 Å². The Morgan fingerprint density at radius 3 is 2.76 bits per heavy atom. The zero-order valence-corrected chi connectivity index (χ0v) is 11.0. The van der Waals surface area contributed by atoms with E-state index in [0.717, 1.165) is 5.69 Å². The van der Waals surface area contributed by atoms with Gasteiger partial charge in [0.15, 0.2) is 5.82 Å². The molecule has 0 bridgehead atoms. The van der Waals surface area contributed by atoms with Crippen LogP contribution in [0.5, 0.6) is 0 Å². The maximum absolute atomic E-state index is 10.8. The SMILES string of the molecule is Cn1cc(Nc2cc(-n3cc(C(=O)O)cn3)ncn2)cn1. The van der Waals surface area contributed by atoms with Crippen molar-refractivity contribution >= 4 is 17.5 Å². The molecule has 0 aliphatic heterocycles. The Kier molecular flexibility index (Phi) is 3.07. The van der Waals surface area contributed by atoms with Crippen LogP contribution in [-0.4, -0.2) is 40.6 Å². The van der Waals surface area contributed by atoms with Gasteiger partial charge in [-0.25, -0.2) is 19.4 Å². The van der Waals surface area contributed by atoms with Crippen molar-refractivity contribution in [3.05, 3.63) is 42.7 Å². The van der Waals surface area contributed by atoms with Crippen LogP contribution in [0.2, 0.25) is 0 Å². The van der Waals surface area contributed by atoms with Crippen LogP contribution < -0.4 is 5.32 Å². The minimum Gasteiger partial charge on any atom is -0.478 e. The minimum atomic E-state index is -1.04. The Bertz CT molecular complexity index is 792. The first kappa shape index (κ1) is 12.8. The van der Waals surface area contributed by atoms with E-state index in [9.17, 15) is 4.79 Å². The molecule has 9 nitrogen and oxygen atoms in total. The van der Waals surface area contributed by atoms with Gasteiger partial charge < -0.3 is 10.4 Å². The number of aromatic carboxylic acids is 1. The molecule has 3 heterocycles. The Morgan fingerprint density at radius 1 is 1.24 bits per heavy atom. The average Bonchev–Trinajstić information content (AvgIpc) is 3.08. The fourth-order valence-corrected chi connectivity index (χ4v) is 1.73. The highest BCUT2D eigenvalue weighted by Crippen LogP contribution is 2.15. The summed E-state index contributed by atoms with van der Waals surface area (Å²) in [5.74, 6) is -0.0201. The lowest BCUT2D eigenvalue weighted by atomic mass is 10.4. The van der Waals surface area contributed by atoms with Crippen LogP contribution in [0.1, 0.15) is 10.4 Å². The highest BCUT2D eigenvalue weighted by Gasteiger charge is 2.09. The van der Waals surface area contributed by atoms with Crippen molar-refractivity contribution in [1.29, 1.82) is 0 Å². The second-order valence-electron chi connectivity index (χ2n) is 4.27. The van der Waals surface area contributed by atoms with Gasteiger partial charge in [-0.15, -0.1) is 0 Å². The molecule has 2 N–H and O–H groups in total. The van der Waals surface area contributed by atoms with Crippen LogP contribution >= 0.6 is 0 Å². The van der Waals surface area contributed by atoms with Gasteiger partial charge in [-0.2, -0.15) is 10.2 Å². The molecule has 106 valence electrons. The van der Waals surface area contributed by atoms with Crippen LogP contribution in [0.3, 0.4) is 0 Å². The largest absolute Gasteiger partial charge is 0.478 e. The monoisotopic (exact) mass is 285 g/mol. The van der Waals surface area contributed by atoms with Crippen LogP contribution in [0.25, 0.3) is 5.82 Å². The number of carbonyl (C=O) groups is 1. The summed E-state index contributed by atoms with van der Waals surface area (Å²) >= 11 is 0. The number of nitrogens with zero attached hydrogens (tertiary/aromatic N) is 6. The highest BCUT2D eigenvalue weighted by molar-refractivity contribution is 5.86. The predicted molar refractivity (Wildman–Crippen MR) is 72.6 cm³/mol. The highest BCUT2D eigenvalue weighted by atomic mass is 16.4. The third-order valence-corrected chi connectivity index (χ3v) is 2.69. The molecule has 0 radical (unpaired) electrons. The molecule has 0 aromatic carbocycles. The summed E-state index contributed by atoms with van der Waals surface area (Å²) in [5.41, 5.74) is 0.879. The van der Waals surface area contributed by atoms with Crippen molar-refractivity contribution in [2.24, 2.45) is 7.05 Å². The molecule has 0 amide bonds. The maximum Gasteiger partial charge on any atom is 0.338 e. The molecule has 0 spiro atoms. The number of hydrogen-bond donors (Lipinski definition) is 2. The van der Waals surface area contributed by atoms with Crippen molar-refractivity contribution in [1.82, 2.24) is 29.5 Å². The molecule has 9 heteroatoms. The normalized spacial score (nSPS) is 10.5. The first-order valence-corrected chi connectivity index (χ1v) is 5.98. The third kappa shape index (κ3) is 2.71. The smallest absolute Gasteiger partial charge is 0.338 e. The number of carboxylic acids is 1. The van der Waals surface area contributed by atoms with Gasteiger partial charge in [0.2, 0.25) is 0 Å². The number of anilines is 2. The van der Waals surface area contributed by atoms with Crippen LogP contribution in [0, 0.1) is 0 Å². The predicted octanol–water partition coefficient (Wildman–Crippen LogP) is 0.838. The standard InChI is InChI=1S/C12H11N7O2/c1-18-6-9(4-15-18)17-10-2-11(14-7-13-10)19-5-8(3-16-19)12(20)21/h2-7H,1H3,(H,20,21)(H,13,14,17). The number of aryl methyl sites for hydroxylation is 1. The van der Waals surface area contributed by atoms with E-state index in [0.29, 0.717) is 11.6 Å². The van der Waals surface area contributed by atoms with E-state index < -0.39 is 5.97 Å². The van der Waals surface area contributed by atoms with Gasteiger partial charge >= 0.3 is 5.97 Å². The summed E-state index contributed by atoms with van der Waals surface area (Å²) in [6, 6.07) is 1.66. The first-order valence-electron chi connectivity index (χ1n) is 5.98. The lowest BCUT2D eigenvalue weighted by molar-refractivity contribution is 0.0697. The molecule has 0 saturated carbocycles. The molecular weight excluding hydrogens is 274 g/mol. The van der Waals surface area contributed by atoms with Gasteiger partial charge in [0.25, 0.3) is 0 Å². The lowest BCUT2D eigenvalue weighted by Crippen LogP contribution is -2.01. The van der Waals surface area contributed by atoms with E-state index in [1.165, 1.54) is 23.4 Å². The summed E-state index contributed by atoms with van der Waals surface area (Å²) in [7, 11) is 1.81. The molecule has 3 rings (SSSR count). The van der Waals surface area contributed by atoms with Crippen LogP contribution in [0.15, 0.2) is 37.2 Å². The van der Waals surface area contributed by atoms with Crippen molar-refractivity contribution < 1.29 is 9.90 Å². The van der Waals surface area contributed by atoms with Crippen molar-refractivity contribution in [2.45, 2.75) is 0 Å². The minimum absolute atomic E-state index is 0.0929. The lowest BCUT2D eigenvalue weighted by Gasteiger charge is -2.04. The average molecular weight is 285 g/mol. The quantitative estimate of drug-likeness (QED) is 0.730. The topological polar surface area (TPSA) is 111 Å². The molecule has 0 fully saturated rings. The summed E-state index contributed by atoms with van der Waals surface area (Å²) in [6.07, 6.45) is 7.49. The Balaban J connectivity index is 1.86. The van der Waals surface area contributed by atoms with E-state index in [1.807, 2.05) is 7.05 Å². The van der Waals surface area contributed by atoms with E-state index in [2.05, 4.69) is 25.5 Å². The van der Waals surface area contributed by atoms with E-state index in [1.54, 1.807) is 23.1 Å². The number of hydrogen-bond acceptors (Lipinski definition) is 6. The second-order valence-corrected chi connectivity index (χ2v) is 4.27. The van der Waals surface area contributed by atoms with Gasteiger partial charge in [-0.05, 0) is 0 Å². The zero-order valence-electron chi connectivity index (χ0n) is 11.0. The summed E-state index contributed by atoms with van der Waals surface area (Å²) < 4.78 is 3.04. The van der Waals surface area contributed by atoms with Gasteiger partial charge in [-0.3, -0.25) is 4.68 Å². The molecule has 0 unspecified atom stereocenters. The number of nitrogens with one attached hydrogen (secondary N) is 1. The third-order valence-electron chi connectivity index (χ3n) is 2.69. The number of carboxylic acid groups (broad SMARTS) is 1. The Morgan fingerprint density at radius 2 is 2.10 bits per heavy atom. The first-order chi connectivity index (χ1) is 10.1. The second kappa shape index (κ2) is 5.04. The van der Waals surface area contributed by atoms with Crippen molar-refractivity contribution in [3.8, 4) is 5.82 Å². The maximum atomic E-state index is 10.8. The van der Waals surface area contributed by atoms with Crippen LogP contribution in [0.4, 0.5) is 11.5 Å². The summed E-state index contributed by atoms with van der Waals surface area (Å²) in [5, 5.41) is 20.0. The van der Waals surface area contributed by atoms with E-state index >= 15 is 0 Å². The molecule has 0 saturated heterocycles. The number of rotatable bonds is 4. The van der Waals surface area contributed by atoms with Gasteiger partial charge in [-0.1, -0.05) is 0 Å². The molecule has 3 aromatic heterocycles. The molecule has 0 atom stereocenters. The van der Waals surface area contributed by atoms with Gasteiger partial charge in [0.05, 0.1) is 23.6 Å². The fourth-order valence-electron chi connectivity index (χ4n) is 1.73. The summed E-state index contributed by atoms with van der Waals surface area (Å²) in [4.78, 5) is 19.0. The molecule has 0 aliphatic carbocycles. The van der Waals surface area contributed by atoms with Crippen molar-refractivity contribution in [3.63, 3.8) is 0 Å². The Labute approximate surface area is 118 Å². The fraction of sp³-hybridized carbons (Fsp3) is 0.0833. The molecule has 21 heavy (non-hydrogen) atoms. The molecular formula is C12H11N7O2. The van der Waals surface area contributed by atoms with Crippen LogP contribution in [-0.2, 0) is 7.05 Å². The Hall–Kier alpha value is -3.23.